The monoisotopic (exact) mass is 339 g/mol. The summed E-state index contributed by atoms with van der Waals surface area (Å²) < 4.78 is 10.9. The summed E-state index contributed by atoms with van der Waals surface area (Å²) in [6, 6.07) is 7.88. The molecule has 1 aromatic carbocycles. The number of nitrogens with zero attached hydrogens (tertiary/aromatic N) is 3. The molecule has 0 saturated heterocycles. The fourth-order valence-electron chi connectivity index (χ4n) is 2.64. The molecule has 0 unspecified atom stereocenters. The van der Waals surface area contributed by atoms with Crippen LogP contribution in [0.15, 0.2) is 36.7 Å². The molecule has 3 rings (SSSR count). The van der Waals surface area contributed by atoms with Crippen molar-refractivity contribution in [1.29, 1.82) is 0 Å². The number of pyridine rings is 1. The SMILES string of the molecule is CC.COc1ccc2c(C)nc(CCc3ccncc3)nc2c1OC. The number of hydrogen-bond donors (Lipinski definition) is 0. The fraction of sp³-hybridized carbons (Fsp3) is 0.350. The first-order valence-corrected chi connectivity index (χ1v) is 8.50. The summed E-state index contributed by atoms with van der Waals surface area (Å²) in [4.78, 5) is 13.4. The molecule has 2 aromatic heterocycles. The van der Waals surface area contributed by atoms with Crippen molar-refractivity contribution in [3.8, 4) is 11.5 Å². The molecule has 0 amide bonds. The summed E-state index contributed by atoms with van der Waals surface area (Å²) in [6.45, 7) is 5.99. The number of rotatable bonds is 5. The molecule has 25 heavy (non-hydrogen) atoms. The van der Waals surface area contributed by atoms with Crippen LogP contribution >= 0.6 is 0 Å². The number of hydrogen-bond acceptors (Lipinski definition) is 5. The lowest BCUT2D eigenvalue weighted by atomic mass is 10.1. The lowest BCUT2D eigenvalue weighted by Crippen LogP contribution is -2.03. The first kappa shape index (κ1) is 18.6. The quantitative estimate of drug-likeness (QED) is 0.698. The Morgan fingerprint density at radius 2 is 1.60 bits per heavy atom. The second-order valence-corrected chi connectivity index (χ2v) is 5.28. The van der Waals surface area contributed by atoms with Gasteiger partial charge in [-0.3, -0.25) is 4.98 Å². The molecule has 0 atom stereocenters. The van der Waals surface area contributed by atoms with Crippen LogP contribution in [0.2, 0.25) is 0 Å². The molecule has 0 radical (unpaired) electrons. The van der Waals surface area contributed by atoms with Gasteiger partial charge in [0, 0.05) is 29.9 Å². The van der Waals surface area contributed by atoms with Gasteiger partial charge in [0.15, 0.2) is 11.5 Å². The van der Waals surface area contributed by atoms with Crippen LogP contribution in [0.3, 0.4) is 0 Å². The molecule has 3 aromatic rings. The first-order chi connectivity index (χ1) is 12.2. The van der Waals surface area contributed by atoms with Crippen molar-refractivity contribution >= 4 is 10.9 Å². The molecule has 0 aliphatic carbocycles. The lowest BCUT2D eigenvalue weighted by Gasteiger charge is -2.12. The Labute approximate surface area is 149 Å². The van der Waals surface area contributed by atoms with Gasteiger partial charge in [0.1, 0.15) is 11.3 Å². The Balaban J connectivity index is 0.00000109. The van der Waals surface area contributed by atoms with E-state index in [2.05, 4.69) is 9.97 Å². The molecular formula is C20H25N3O2. The van der Waals surface area contributed by atoms with E-state index in [4.69, 9.17) is 14.5 Å². The van der Waals surface area contributed by atoms with Crippen LogP contribution in [0.25, 0.3) is 10.9 Å². The molecule has 0 spiro atoms. The van der Waals surface area contributed by atoms with Crippen molar-refractivity contribution in [3.63, 3.8) is 0 Å². The normalized spacial score (nSPS) is 10.1. The third-order valence-electron chi connectivity index (χ3n) is 3.83. The third kappa shape index (κ3) is 4.24. The van der Waals surface area contributed by atoms with E-state index < -0.39 is 0 Å². The highest BCUT2D eigenvalue weighted by Crippen LogP contribution is 2.34. The van der Waals surface area contributed by atoms with Crippen LogP contribution in [0.5, 0.6) is 11.5 Å². The minimum absolute atomic E-state index is 0.653. The number of ether oxygens (including phenoxy) is 2. The van der Waals surface area contributed by atoms with E-state index in [9.17, 15) is 0 Å². The van der Waals surface area contributed by atoms with Gasteiger partial charge >= 0.3 is 0 Å². The van der Waals surface area contributed by atoms with E-state index in [1.54, 1.807) is 26.6 Å². The predicted octanol–water partition coefficient (Wildman–Crippen LogP) is 4.16. The van der Waals surface area contributed by atoms with Gasteiger partial charge in [0.05, 0.1) is 14.2 Å². The zero-order valence-corrected chi connectivity index (χ0v) is 15.5. The van der Waals surface area contributed by atoms with E-state index in [1.807, 2.05) is 45.0 Å². The summed E-state index contributed by atoms with van der Waals surface area (Å²) in [5, 5.41) is 0.982. The van der Waals surface area contributed by atoms with Crippen LogP contribution in [0, 0.1) is 6.92 Å². The molecule has 0 bridgehead atoms. The van der Waals surface area contributed by atoms with Gasteiger partial charge in [0.25, 0.3) is 0 Å². The second kappa shape index (κ2) is 8.97. The largest absolute Gasteiger partial charge is 0.493 e. The smallest absolute Gasteiger partial charge is 0.187 e. The highest BCUT2D eigenvalue weighted by Gasteiger charge is 2.14. The summed E-state index contributed by atoms with van der Waals surface area (Å²) >= 11 is 0. The van der Waals surface area contributed by atoms with E-state index in [1.165, 1.54) is 5.56 Å². The fourth-order valence-corrected chi connectivity index (χ4v) is 2.64. The Bertz CT molecular complexity index is 820. The third-order valence-corrected chi connectivity index (χ3v) is 3.83. The molecule has 2 heterocycles. The Morgan fingerprint density at radius 1 is 0.880 bits per heavy atom. The average molecular weight is 339 g/mol. The van der Waals surface area contributed by atoms with Crippen molar-refractivity contribution in [2.24, 2.45) is 0 Å². The molecule has 0 aliphatic rings. The van der Waals surface area contributed by atoms with E-state index in [-0.39, 0.29) is 0 Å². The summed E-state index contributed by atoms with van der Waals surface area (Å²) in [7, 11) is 3.26. The molecule has 132 valence electrons. The minimum atomic E-state index is 0.653. The minimum Gasteiger partial charge on any atom is -0.493 e. The number of fused-ring (bicyclic) bond motifs is 1. The van der Waals surface area contributed by atoms with Crippen LogP contribution in [-0.4, -0.2) is 29.2 Å². The van der Waals surface area contributed by atoms with Crippen molar-refractivity contribution < 1.29 is 9.47 Å². The van der Waals surface area contributed by atoms with Gasteiger partial charge in [-0.2, -0.15) is 0 Å². The van der Waals surface area contributed by atoms with Gasteiger partial charge in [-0.25, -0.2) is 9.97 Å². The standard InChI is InChI=1S/C18H19N3O2.C2H6/c1-12-14-5-6-15(22-2)18(23-3)17(14)21-16(20-12)7-4-13-8-10-19-11-9-13;1-2/h5-6,8-11H,4,7H2,1-3H3;1-2H3. The molecular weight excluding hydrogens is 314 g/mol. The van der Waals surface area contributed by atoms with E-state index in [0.29, 0.717) is 11.5 Å². The van der Waals surface area contributed by atoms with Crippen molar-refractivity contribution in [3.05, 3.63) is 53.7 Å². The number of benzene rings is 1. The van der Waals surface area contributed by atoms with Crippen molar-refractivity contribution in [2.75, 3.05) is 14.2 Å². The van der Waals surface area contributed by atoms with Crippen molar-refractivity contribution in [2.45, 2.75) is 33.6 Å². The van der Waals surface area contributed by atoms with Gasteiger partial charge in [0.2, 0.25) is 0 Å². The van der Waals surface area contributed by atoms with Gasteiger partial charge in [-0.15, -0.1) is 0 Å². The summed E-state index contributed by atoms with van der Waals surface area (Å²) in [6.07, 6.45) is 5.24. The first-order valence-electron chi connectivity index (χ1n) is 8.50. The Kier molecular flexibility index (Phi) is 6.69. The predicted molar refractivity (Wildman–Crippen MR) is 100 cm³/mol. The highest BCUT2D eigenvalue weighted by molar-refractivity contribution is 5.88. The van der Waals surface area contributed by atoms with Crippen molar-refractivity contribution in [1.82, 2.24) is 15.0 Å². The molecule has 0 fully saturated rings. The number of aryl methyl sites for hydroxylation is 3. The van der Waals surface area contributed by atoms with Gasteiger partial charge < -0.3 is 9.47 Å². The van der Waals surface area contributed by atoms with Gasteiger partial charge in [-0.05, 0) is 43.2 Å². The van der Waals surface area contributed by atoms with E-state index >= 15 is 0 Å². The van der Waals surface area contributed by atoms with Crippen LogP contribution < -0.4 is 9.47 Å². The average Bonchev–Trinajstić information content (AvgIpc) is 2.67. The zero-order valence-electron chi connectivity index (χ0n) is 15.5. The lowest BCUT2D eigenvalue weighted by molar-refractivity contribution is 0.358. The maximum absolute atomic E-state index is 5.50. The molecule has 0 saturated carbocycles. The molecule has 0 aliphatic heterocycles. The van der Waals surface area contributed by atoms with Crippen LogP contribution in [0.1, 0.15) is 30.9 Å². The highest BCUT2D eigenvalue weighted by atomic mass is 16.5. The molecule has 5 nitrogen and oxygen atoms in total. The zero-order chi connectivity index (χ0) is 18.2. The summed E-state index contributed by atoms with van der Waals surface area (Å²) in [5.41, 5.74) is 2.96. The Morgan fingerprint density at radius 3 is 2.24 bits per heavy atom. The van der Waals surface area contributed by atoms with Gasteiger partial charge in [-0.1, -0.05) is 13.8 Å². The van der Waals surface area contributed by atoms with Crippen LogP contribution in [0.4, 0.5) is 0 Å². The number of aromatic nitrogens is 3. The maximum Gasteiger partial charge on any atom is 0.187 e. The Hall–Kier alpha value is -2.69. The van der Waals surface area contributed by atoms with Crippen LogP contribution in [-0.2, 0) is 12.8 Å². The summed E-state index contributed by atoms with van der Waals surface area (Å²) in [5.74, 6) is 2.14. The topological polar surface area (TPSA) is 57.1 Å². The number of methoxy groups -OCH3 is 2. The maximum atomic E-state index is 5.50. The molecule has 0 N–H and O–H groups in total. The van der Waals surface area contributed by atoms with E-state index in [0.717, 1.165) is 35.3 Å². The second-order valence-electron chi connectivity index (χ2n) is 5.28. The molecule has 5 heteroatoms.